The number of carbonyl (C=O) groups excluding carboxylic acids is 1. The molecule has 0 bridgehead atoms. The van der Waals surface area contributed by atoms with Crippen molar-refractivity contribution in [2.45, 2.75) is 0 Å². The van der Waals surface area contributed by atoms with Crippen LogP contribution in [-0.2, 0) is 0 Å². The molecule has 0 fully saturated rings. The number of hydrogen-bond donors (Lipinski definition) is 0. The van der Waals surface area contributed by atoms with E-state index in [-0.39, 0.29) is 0 Å². The quantitative estimate of drug-likeness (QED) is 0.349. The molecular weight excluding hydrogens is 340 g/mol. The van der Waals surface area contributed by atoms with Gasteiger partial charge in [0.15, 0.2) is 11.5 Å². The van der Waals surface area contributed by atoms with Crippen LogP contribution in [-0.4, -0.2) is 20.2 Å². The van der Waals surface area contributed by atoms with Crippen LogP contribution in [0.1, 0.15) is 21.5 Å². The Balaban J connectivity index is 1.75. The van der Waals surface area contributed by atoms with Crippen LogP contribution < -0.4 is 14.2 Å². The number of ether oxygens (including phenoxy) is 3. The second kappa shape index (κ2) is 8.72. The Bertz CT molecular complexity index is 928. The van der Waals surface area contributed by atoms with Gasteiger partial charge in [-0.25, -0.2) is 4.79 Å². The number of hydrogen-bond acceptors (Lipinski definition) is 4. The molecule has 0 atom stereocenters. The van der Waals surface area contributed by atoms with Crippen molar-refractivity contribution < 1.29 is 19.0 Å². The zero-order valence-corrected chi connectivity index (χ0v) is 15.2. The molecule has 0 N–H and O–H groups in total. The molecule has 3 aromatic rings. The first kappa shape index (κ1) is 18.3. The summed E-state index contributed by atoms with van der Waals surface area (Å²) in [7, 11) is 3.12. The fourth-order valence-corrected chi connectivity index (χ4v) is 2.51. The molecule has 0 aromatic heterocycles. The summed E-state index contributed by atoms with van der Waals surface area (Å²) in [6.45, 7) is 0. The molecule has 0 saturated carbocycles. The summed E-state index contributed by atoms with van der Waals surface area (Å²) in [4.78, 5) is 12.3. The molecule has 0 saturated heterocycles. The molecule has 0 spiro atoms. The first-order chi connectivity index (χ1) is 13.2. The first-order valence-electron chi connectivity index (χ1n) is 8.47. The number of benzene rings is 3. The average molecular weight is 360 g/mol. The van der Waals surface area contributed by atoms with E-state index in [1.807, 2.05) is 54.6 Å². The minimum atomic E-state index is -0.455. The van der Waals surface area contributed by atoms with E-state index in [9.17, 15) is 4.79 Å². The lowest BCUT2D eigenvalue weighted by Crippen LogP contribution is -2.09. The third-order valence-electron chi connectivity index (χ3n) is 3.98. The largest absolute Gasteiger partial charge is 0.497 e. The highest BCUT2D eigenvalue weighted by molar-refractivity contribution is 5.91. The smallest absolute Gasteiger partial charge is 0.343 e. The van der Waals surface area contributed by atoms with Crippen LogP contribution in [0.4, 0.5) is 0 Å². The van der Waals surface area contributed by atoms with E-state index in [4.69, 9.17) is 14.2 Å². The van der Waals surface area contributed by atoms with Gasteiger partial charge in [0.05, 0.1) is 19.8 Å². The molecule has 0 amide bonds. The van der Waals surface area contributed by atoms with E-state index < -0.39 is 5.97 Å². The summed E-state index contributed by atoms with van der Waals surface area (Å²) >= 11 is 0. The molecule has 0 heterocycles. The van der Waals surface area contributed by atoms with Gasteiger partial charge < -0.3 is 14.2 Å². The minimum Gasteiger partial charge on any atom is -0.497 e. The summed E-state index contributed by atoms with van der Waals surface area (Å²) in [5.41, 5.74) is 2.48. The maximum atomic E-state index is 12.3. The Morgan fingerprint density at radius 2 is 1.44 bits per heavy atom. The Labute approximate surface area is 158 Å². The average Bonchev–Trinajstić information content (AvgIpc) is 2.73. The molecule has 3 aromatic carbocycles. The predicted molar refractivity (Wildman–Crippen MR) is 106 cm³/mol. The topological polar surface area (TPSA) is 44.8 Å². The van der Waals surface area contributed by atoms with Gasteiger partial charge in [-0.2, -0.15) is 0 Å². The molecular formula is C23H20O4. The molecule has 0 aliphatic heterocycles. The first-order valence-corrected chi connectivity index (χ1v) is 8.47. The van der Waals surface area contributed by atoms with E-state index in [0.29, 0.717) is 22.8 Å². The molecule has 0 radical (unpaired) electrons. The van der Waals surface area contributed by atoms with Gasteiger partial charge in [-0.15, -0.1) is 0 Å². The lowest BCUT2D eigenvalue weighted by atomic mass is 10.1. The summed E-state index contributed by atoms with van der Waals surface area (Å²) in [5.74, 6) is 1.09. The number of carbonyl (C=O) groups is 1. The lowest BCUT2D eigenvalue weighted by Gasteiger charge is -2.10. The molecule has 3 rings (SSSR count). The van der Waals surface area contributed by atoms with Crippen molar-refractivity contribution in [1.29, 1.82) is 0 Å². The van der Waals surface area contributed by atoms with Crippen molar-refractivity contribution in [3.05, 3.63) is 89.5 Å². The van der Waals surface area contributed by atoms with Crippen LogP contribution in [0.3, 0.4) is 0 Å². The molecule has 0 unspecified atom stereocenters. The molecule has 0 aliphatic rings. The second-order valence-corrected chi connectivity index (χ2v) is 5.77. The Kier molecular flexibility index (Phi) is 5.90. The molecule has 4 heteroatoms. The number of esters is 1. The Hall–Kier alpha value is -3.53. The fraction of sp³-hybridized carbons (Fsp3) is 0.0870. The van der Waals surface area contributed by atoms with Crippen LogP contribution in [0.15, 0.2) is 72.8 Å². The standard InChI is InChI=1S/C23H20O4/c1-25-20-13-11-19(12-14-20)23(24)27-21-15-10-18(16-22(21)26-2)9-8-17-6-4-3-5-7-17/h3-16H,1-2H3. The van der Waals surface area contributed by atoms with Crippen molar-refractivity contribution in [2.24, 2.45) is 0 Å². The van der Waals surface area contributed by atoms with E-state index >= 15 is 0 Å². The van der Waals surface area contributed by atoms with Crippen molar-refractivity contribution in [3.63, 3.8) is 0 Å². The zero-order chi connectivity index (χ0) is 19.1. The third kappa shape index (κ3) is 4.76. The highest BCUT2D eigenvalue weighted by Gasteiger charge is 2.12. The van der Waals surface area contributed by atoms with Crippen LogP contribution >= 0.6 is 0 Å². The Morgan fingerprint density at radius 3 is 2.11 bits per heavy atom. The van der Waals surface area contributed by atoms with Crippen molar-refractivity contribution in [3.8, 4) is 17.2 Å². The van der Waals surface area contributed by atoms with Crippen LogP contribution in [0.5, 0.6) is 17.2 Å². The van der Waals surface area contributed by atoms with Gasteiger partial charge in [0.25, 0.3) is 0 Å². The molecule has 136 valence electrons. The normalized spacial score (nSPS) is 10.6. The van der Waals surface area contributed by atoms with Crippen molar-refractivity contribution in [1.82, 2.24) is 0 Å². The van der Waals surface area contributed by atoms with Gasteiger partial charge >= 0.3 is 5.97 Å². The third-order valence-corrected chi connectivity index (χ3v) is 3.98. The van der Waals surface area contributed by atoms with Gasteiger partial charge in [0, 0.05) is 0 Å². The number of rotatable bonds is 6. The predicted octanol–water partition coefficient (Wildman–Crippen LogP) is 5.09. The van der Waals surface area contributed by atoms with E-state index in [0.717, 1.165) is 11.1 Å². The van der Waals surface area contributed by atoms with Gasteiger partial charge in [0.2, 0.25) is 0 Å². The molecule has 0 aliphatic carbocycles. The SMILES string of the molecule is COc1ccc(C(=O)Oc2ccc(C=Cc3ccccc3)cc2OC)cc1. The minimum absolute atomic E-state index is 0.371. The monoisotopic (exact) mass is 360 g/mol. The summed E-state index contributed by atoms with van der Waals surface area (Å²) in [6.07, 6.45) is 3.99. The van der Waals surface area contributed by atoms with Crippen LogP contribution in [0, 0.1) is 0 Å². The van der Waals surface area contributed by atoms with Crippen LogP contribution in [0.25, 0.3) is 12.2 Å². The van der Waals surface area contributed by atoms with Crippen molar-refractivity contribution in [2.75, 3.05) is 14.2 Å². The fourth-order valence-electron chi connectivity index (χ4n) is 2.51. The van der Waals surface area contributed by atoms with Gasteiger partial charge in [-0.3, -0.25) is 0 Å². The van der Waals surface area contributed by atoms with E-state index in [1.54, 1.807) is 44.6 Å². The summed E-state index contributed by atoms with van der Waals surface area (Å²) in [5, 5.41) is 0. The van der Waals surface area contributed by atoms with Crippen LogP contribution in [0.2, 0.25) is 0 Å². The zero-order valence-electron chi connectivity index (χ0n) is 15.2. The van der Waals surface area contributed by atoms with Gasteiger partial charge in [-0.05, 0) is 47.5 Å². The lowest BCUT2D eigenvalue weighted by molar-refractivity contribution is 0.0729. The Morgan fingerprint density at radius 1 is 0.741 bits per heavy atom. The van der Waals surface area contributed by atoms with E-state index in [2.05, 4.69) is 0 Å². The highest BCUT2D eigenvalue weighted by Crippen LogP contribution is 2.29. The summed E-state index contributed by atoms with van der Waals surface area (Å²) < 4.78 is 16.0. The highest BCUT2D eigenvalue weighted by atomic mass is 16.6. The van der Waals surface area contributed by atoms with Gasteiger partial charge in [-0.1, -0.05) is 48.6 Å². The van der Waals surface area contributed by atoms with Gasteiger partial charge in [0.1, 0.15) is 5.75 Å². The second-order valence-electron chi connectivity index (χ2n) is 5.77. The maximum Gasteiger partial charge on any atom is 0.343 e. The maximum absolute atomic E-state index is 12.3. The number of methoxy groups -OCH3 is 2. The van der Waals surface area contributed by atoms with Crippen molar-refractivity contribution >= 4 is 18.1 Å². The van der Waals surface area contributed by atoms with E-state index in [1.165, 1.54) is 0 Å². The summed E-state index contributed by atoms with van der Waals surface area (Å²) in [6, 6.07) is 22.2. The molecule has 4 nitrogen and oxygen atoms in total. The molecule has 27 heavy (non-hydrogen) atoms.